The van der Waals surface area contributed by atoms with Gasteiger partial charge in [-0.15, -0.1) is 11.3 Å². The van der Waals surface area contributed by atoms with Crippen molar-refractivity contribution >= 4 is 26.5 Å². The lowest BCUT2D eigenvalue weighted by Gasteiger charge is -2.24. The Morgan fingerprint density at radius 3 is 2.43 bits per heavy atom. The van der Waals surface area contributed by atoms with Crippen LogP contribution in [0.5, 0.6) is 0 Å². The minimum atomic E-state index is -3.60. The molecular weight excluding hydrogens is 397 g/mol. The largest absolute Gasteiger partial charge is 0.344 e. The highest BCUT2D eigenvalue weighted by Crippen LogP contribution is 2.27. The topological polar surface area (TPSA) is 62.3 Å². The summed E-state index contributed by atoms with van der Waals surface area (Å²) in [6.07, 6.45) is 3.73. The van der Waals surface area contributed by atoms with Crippen molar-refractivity contribution < 1.29 is 12.8 Å². The summed E-state index contributed by atoms with van der Waals surface area (Å²) in [7, 11) is -3.60. The first-order valence-corrected chi connectivity index (χ1v) is 11.4. The Kier molecular flexibility index (Phi) is 5.43. The van der Waals surface area contributed by atoms with Crippen molar-refractivity contribution in [1.82, 2.24) is 9.71 Å². The SMILES string of the molecule is O=S(=O)(NCC1CCCN1c1nccs1)c1ccc(-c2ccc(F)cc2)cc1. The van der Waals surface area contributed by atoms with Crippen LogP contribution in [0, 0.1) is 5.82 Å². The predicted octanol–water partition coefficient (Wildman–Crippen LogP) is 3.90. The molecule has 1 aliphatic rings. The van der Waals surface area contributed by atoms with Gasteiger partial charge in [0.2, 0.25) is 10.0 Å². The van der Waals surface area contributed by atoms with Crippen molar-refractivity contribution in [3.05, 3.63) is 65.9 Å². The van der Waals surface area contributed by atoms with Crippen LogP contribution >= 0.6 is 11.3 Å². The molecule has 4 rings (SSSR count). The van der Waals surface area contributed by atoms with Gasteiger partial charge in [0.25, 0.3) is 0 Å². The van der Waals surface area contributed by atoms with Gasteiger partial charge in [-0.05, 0) is 48.2 Å². The summed E-state index contributed by atoms with van der Waals surface area (Å²) in [6.45, 7) is 1.24. The summed E-state index contributed by atoms with van der Waals surface area (Å²) in [6, 6.07) is 12.9. The van der Waals surface area contributed by atoms with E-state index >= 15 is 0 Å². The second-order valence-corrected chi connectivity index (χ2v) is 9.33. The van der Waals surface area contributed by atoms with E-state index in [4.69, 9.17) is 0 Å². The second-order valence-electron chi connectivity index (χ2n) is 6.69. The van der Waals surface area contributed by atoms with E-state index in [1.54, 1.807) is 53.9 Å². The van der Waals surface area contributed by atoms with Crippen LogP contribution in [0.2, 0.25) is 0 Å². The summed E-state index contributed by atoms with van der Waals surface area (Å²) in [5.41, 5.74) is 1.67. The maximum atomic E-state index is 13.1. The minimum absolute atomic E-state index is 0.111. The fourth-order valence-corrected chi connectivity index (χ4v) is 5.23. The fourth-order valence-electron chi connectivity index (χ4n) is 3.42. The van der Waals surface area contributed by atoms with Crippen LogP contribution in [-0.4, -0.2) is 32.5 Å². The monoisotopic (exact) mass is 417 g/mol. The Hall–Kier alpha value is -2.29. The Labute approximate surface area is 167 Å². The maximum Gasteiger partial charge on any atom is 0.240 e. The molecule has 2 aromatic carbocycles. The lowest BCUT2D eigenvalue weighted by molar-refractivity contribution is 0.567. The average molecular weight is 418 g/mol. The van der Waals surface area contributed by atoms with E-state index in [-0.39, 0.29) is 16.8 Å². The number of nitrogens with zero attached hydrogens (tertiary/aromatic N) is 2. The van der Waals surface area contributed by atoms with Crippen molar-refractivity contribution in [2.45, 2.75) is 23.8 Å². The Balaban J connectivity index is 1.44. The van der Waals surface area contributed by atoms with Crippen LogP contribution < -0.4 is 9.62 Å². The van der Waals surface area contributed by atoms with Gasteiger partial charge in [0, 0.05) is 30.7 Å². The Morgan fingerprint density at radius 1 is 1.11 bits per heavy atom. The summed E-state index contributed by atoms with van der Waals surface area (Å²) in [4.78, 5) is 6.73. The van der Waals surface area contributed by atoms with Crippen molar-refractivity contribution in [3.63, 3.8) is 0 Å². The van der Waals surface area contributed by atoms with Gasteiger partial charge >= 0.3 is 0 Å². The number of hydrogen-bond acceptors (Lipinski definition) is 5. The minimum Gasteiger partial charge on any atom is -0.344 e. The number of aromatic nitrogens is 1. The van der Waals surface area contributed by atoms with Crippen LogP contribution in [0.3, 0.4) is 0 Å². The van der Waals surface area contributed by atoms with Gasteiger partial charge in [-0.25, -0.2) is 22.5 Å². The molecule has 1 saturated heterocycles. The van der Waals surface area contributed by atoms with Gasteiger partial charge < -0.3 is 4.90 Å². The summed E-state index contributed by atoms with van der Waals surface area (Å²) in [5, 5.41) is 2.86. The standard InChI is InChI=1S/C20H20FN3O2S2/c21-17-7-3-15(4-8-17)16-5-9-19(10-6-16)28(25,26)23-14-18-2-1-12-24(18)20-22-11-13-27-20/h3-11,13,18,23H,1-2,12,14H2. The predicted molar refractivity (Wildman–Crippen MR) is 110 cm³/mol. The molecule has 0 radical (unpaired) electrons. The number of rotatable bonds is 6. The third kappa shape index (κ3) is 4.09. The fraction of sp³-hybridized carbons (Fsp3) is 0.250. The van der Waals surface area contributed by atoms with Crippen LogP contribution in [-0.2, 0) is 10.0 Å². The Bertz CT molecular complexity index is 1020. The molecule has 28 heavy (non-hydrogen) atoms. The second kappa shape index (κ2) is 7.98. The number of sulfonamides is 1. The zero-order valence-corrected chi connectivity index (χ0v) is 16.7. The average Bonchev–Trinajstić information content (AvgIpc) is 3.38. The first kappa shape index (κ1) is 19.0. The van der Waals surface area contributed by atoms with Gasteiger partial charge in [-0.2, -0.15) is 0 Å². The number of hydrogen-bond donors (Lipinski definition) is 1. The highest BCUT2D eigenvalue weighted by Gasteiger charge is 2.27. The highest BCUT2D eigenvalue weighted by molar-refractivity contribution is 7.89. The number of benzene rings is 2. The molecule has 1 fully saturated rings. The van der Waals surface area contributed by atoms with Crippen molar-refractivity contribution in [1.29, 1.82) is 0 Å². The van der Waals surface area contributed by atoms with E-state index in [0.29, 0.717) is 6.54 Å². The first-order chi connectivity index (χ1) is 13.5. The molecule has 1 N–H and O–H groups in total. The van der Waals surface area contributed by atoms with E-state index in [0.717, 1.165) is 35.6 Å². The third-order valence-electron chi connectivity index (χ3n) is 4.89. The van der Waals surface area contributed by atoms with Crippen molar-refractivity contribution in [3.8, 4) is 11.1 Å². The highest BCUT2D eigenvalue weighted by atomic mass is 32.2. The van der Waals surface area contributed by atoms with Crippen molar-refractivity contribution in [2.24, 2.45) is 0 Å². The van der Waals surface area contributed by atoms with Gasteiger partial charge in [0.05, 0.1) is 4.90 Å². The molecule has 0 spiro atoms. The molecule has 3 aromatic rings. The molecule has 1 unspecified atom stereocenters. The summed E-state index contributed by atoms with van der Waals surface area (Å²) >= 11 is 1.57. The first-order valence-electron chi connectivity index (χ1n) is 9.05. The molecular formula is C20H20FN3O2S2. The van der Waals surface area contributed by atoms with E-state index in [9.17, 15) is 12.8 Å². The lowest BCUT2D eigenvalue weighted by atomic mass is 10.1. The van der Waals surface area contributed by atoms with Crippen LogP contribution in [0.4, 0.5) is 9.52 Å². The summed E-state index contributed by atoms with van der Waals surface area (Å²) < 4.78 is 41.2. The molecule has 146 valence electrons. The van der Waals surface area contributed by atoms with E-state index in [1.807, 2.05) is 5.38 Å². The zero-order valence-electron chi connectivity index (χ0n) is 15.1. The van der Waals surface area contributed by atoms with Gasteiger partial charge in [0.1, 0.15) is 5.82 Å². The van der Waals surface area contributed by atoms with Gasteiger partial charge in [0.15, 0.2) is 5.13 Å². The number of anilines is 1. The van der Waals surface area contributed by atoms with Crippen LogP contribution in [0.15, 0.2) is 65.0 Å². The third-order valence-corrected chi connectivity index (χ3v) is 7.14. The summed E-state index contributed by atoms with van der Waals surface area (Å²) in [5.74, 6) is -0.300. The molecule has 8 heteroatoms. The lowest BCUT2D eigenvalue weighted by Crippen LogP contribution is -2.40. The molecule has 2 heterocycles. The van der Waals surface area contributed by atoms with Gasteiger partial charge in [-0.1, -0.05) is 24.3 Å². The molecule has 1 aromatic heterocycles. The van der Waals surface area contributed by atoms with E-state index in [1.165, 1.54) is 12.1 Å². The smallest absolute Gasteiger partial charge is 0.240 e. The quantitative estimate of drug-likeness (QED) is 0.661. The normalized spacial score (nSPS) is 17.2. The van der Waals surface area contributed by atoms with Gasteiger partial charge in [-0.3, -0.25) is 0 Å². The van der Waals surface area contributed by atoms with Crippen LogP contribution in [0.25, 0.3) is 11.1 Å². The zero-order chi connectivity index (χ0) is 19.6. The number of halogens is 1. The molecule has 0 saturated carbocycles. The molecule has 5 nitrogen and oxygen atoms in total. The Morgan fingerprint density at radius 2 is 1.79 bits per heavy atom. The molecule has 1 atom stereocenters. The molecule has 0 amide bonds. The number of thiazole rings is 1. The van der Waals surface area contributed by atoms with Crippen LogP contribution in [0.1, 0.15) is 12.8 Å². The molecule has 0 bridgehead atoms. The number of nitrogens with one attached hydrogen (secondary N) is 1. The molecule has 0 aliphatic carbocycles. The van der Waals surface area contributed by atoms with E-state index < -0.39 is 10.0 Å². The molecule has 1 aliphatic heterocycles. The maximum absolute atomic E-state index is 13.1. The van der Waals surface area contributed by atoms with Crippen molar-refractivity contribution in [2.75, 3.05) is 18.0 Å². The van der Waals surface area contributed by atoms with E-state index in [2.05, 4.69) is 14.6 Å².